The van der Waals surface area contributed by atoms with Crippen LogP contribution in [-0.4, -0.2) is 14.9 Å². The molecule has 0 saturated heterocycles. The zero-order valence-corrected chi connectivity index (χ0v) is 17.9. The van der Waals surface area contributed by atoms with E-state index < -0.39 is 0 Å². The molecule has 0 saturated carbocycles. The van der Waals surface area contributed by atoms with Gasteiger partial charge in [0.25, 0.3) is 0 Å². The van der Waals surface area contributed by atoms with Crippen molar-refractivity contribution in [2.45, 2.75) is 13.1 Å². The molecule has 1 aromatic heterocycles. The minimum Gasteiger partial charge on any atom is -0.450 e. The fraction of sp³-hybridized carbons (Fsp3) is 0.286. The van der Waals surface area contributed by atoms with Crippen molar-refractivity contribution in [2.24, 2.45) is 0 Å². The SMILES string of the molecule is [CH2-]N1Cc2nc(Cl)nc(Cl)c2C1.[Re].[Rf]. The first-order chi connectivity index (χ1) is 5.66. The van der Waals surface area contributed by atoms with Gasteiger partial charge in [0.2, 0.25) is 5.28 Å². The van der Waals surface area contributed by atoms with Crippen LogP contribution in [0.5, 0.6) is 0 Å². The van der Waals surface area contributed by atoms with Crippen LogP contribution in [0, 0.1) is 7.05 Å². The van der Waals surface area contributed by atoms with Crippen molar-refractivity contribution in [1.82, 2.24) is 14.9 Å². The van der Waals surface area contributed by atoms with Crippen molar-refractivity contribution in [3.63, 3.8) is 0 Å². The van der Waals surface area contributed by atoms with Crippen LogP contribution < -0.4 is 0 Å². The van der Waals surface area contributed by atoms with Gasteiger partial charge in [0.05, 0.1) is 5.69 Å². The molecule has 0 N–H and O–H groups in total. The van der Waals surface area contributed by atoms with Gasteiger partial charge in [-0.25, -0.2) is 9.97 Å². The third kappa shape index (κ3) is 2.20. The first kappa shape index (κ1) is 13.3. The molecule has 1 aliphatic rings. The standard InChI is InChI=1S/C7H6Cl2N3.Re.Rf/c1-12-2-4-5(3-12)10-7(9)11-6(4)8;;/h1-3H2;;/q-1;;. The molecule has 1 aliphatic heterocycles. The minimum absolute atomic E-state index is 0. The number of rotatable bonds is 0. The van der Waals surface area contributed by atoms with Crippen molar-refractivity contribution < 1.29 is 20.4 Å². The Bertz CT molecular complexity index is 337. The number of halogens is 2. The summed E-state index contributed by atoms with van der Waals surface area (Å²) in [7, 11) is 3.79. The summed E-state index contributed by atoms with van der Waals surface area (Å²) in [4.78, 5) is 9.76. The van der Waals surface area contributed by atoms with E-state index >= 15 is 0 Å². The molecule has 0 fully saturated rings. The van der Waals surface area contributed by atoms with Gasteiger partial charge < -0.3 is 4.90 Å². The summed E-state index contributed by atoms with van der Waals surface area (Å²) < 4.78 is 0. The van der Waals surface area contributed by atoms with Crippen molar-refractivity contribution in [3.8, 4) is 0 Å². The topological polar surface area (TPSA) is 29.0 Å². The summed E-state index contributed by atoms with van der Waals surface area (Å²) in [5, 5.41) is 0.644. The molecule has 14 heavy (non-hydrogen) atoms. The first-order valence-corrected chi connectivity index (χ1v) is 4.18. The van der Waals surface area contributed by atoms with Gasteiger partial charge in [0.15, 0.2) is 0 Å². The summed E-state index contributed by atoms with van der Waals surface area (Å²) >= 11 is 11.5. The van der Waals surface area contributed by atoms with Crippen LogP contribution in [-0.2, 0) is 33.5 Å². The van der Waals surface area contributed by atoms with E-state index in [1.807, 2.05) is 4.90 Å². The minimum atomic E-state index is 0. The third-order valence-corrected chi connectivity index (χ3v) is 2.25. The van der Waals surface area contributed by atoms with Gasteiger partial charge in [-0.15, -0.1) is 0 Å². The zero-order valence-electron chi connectivity index (χ0n) is 7.30. The maximum Gasteiger partial charge on any atom is 0.224 e. The van der Waals surface area contributed by atoms with E-state index in [2.05, 4.69) is 17.0 Å². The number of aromatic nitrogens is 2. The Morgan fingerprint density at radius 2 is 1.86 bits per heavy atom. The van der Waals surface area contributed by atoms with Crippen LogP contribution in [0.4, 0.5) is 0 Å². The summed E-state index contributed by atoms with van der Waals surface area (Å²) in [6.45, 7) is 1.39. The van der Waals surface area contributed by atoms with Gasteiger partial charge in [-0.1, -0.05) is 11.6 Å². The average Bonchev–Trinajstić information content (AvgIpc) is 2.29. The van der Waals surface area contributed by atoms with Gasteiger partial charge in [-0.2, -0.15) is 0 Å². The maximum absolute atomic E-state index is 5.85. The second-order valence-corrected chi connectivity index (χ2v) is 3.39. The quantitative estimate of drug-likeness (QED) is 0.243. The van der Waals surface area contributed by atoms with Gasteiger partial charge in [-0.3, -0.25) is 7.05 Å². The Hall–Kier alpha value is -0.718. The molecule has 0 aromatic carbocycles. The first-order valence-electron chi connectivity index (χ1n) is 3.43. The summed E-state index contributed by atoms with van der Waals surface area (Å²) in [5.74, 6) is 0. The van der Waals surface area contributed by atoms with Crippen molar-refractivity contribution in [2.75, 3.05) is 0 Å². The Labute approximate surface area is 100 Å². The molecule has 0 aliphatic carbocycles. The molecule has 1 aromatic rings. The van der Waals surface area contributed by atoms with Crippen LogP contribution in [0.25, 0.3) is 0 Å². The number of nitrogens with zero attached hydrogens (tertiary/aromatic N) is 3. The van der Waals surface area contributed by atoms with Crippen molar-refractivity contribution in [1.29, 1.82) is 0 Å². The molecular weight excluding hydrogens is 650 g/mol. The largest absolute Gasteiger partial charge is 0.450 e. The molecular formula is C7H6Cl2N3ReRf-. The zero-order chi connectivity index (χ0) is 8.72. The number of hydrogen-bond acceptors (Lipinski definition) is 3. The number of fused-ring (bicyclic) bond motifs is 1. The molecule has 1 radical (unpaired) electrons. The molecule has 0 bridgehead atoms. The van der Waals surface area contributed by atoms with E-state index in [1.165, 1.54) is 0 Å². The van der Waals surface area contributed by atoms with Crippen molar-refractivity contribution >= 4 is 23.2 Å². The van der Waals surface area contributed by atoms with Crippen molar-refractivity contribution in [3.05, 3.63) is 28.7 Å². The molecule has 2 heterocycles. The van der Waals surface area contributed by atoms with E-state index in [-0.39, 0.29) is 25.7 Å². The van der Waals surface area contributed by atoms with E-state index in [0.717, 1.165) is 11.3 Å². The average molecular weight is 656 g/mol. The molecule has 0 atom stereocenters. The van der Waals surface area contributed by atoms with Gasteiger partial charge >= 0.3 is 0 Å². The molecule has 0 spiro atoms. The molecule has 73 valence electrons. The number of hydrogen-bond donors (Lipinski definition) is 0. The Morgan fingerprint density at radius 3 is 2.50 bits per heavy atom. The second kappa shape index (κ2) is 4.68. The van der Waals surface area contributed by atoms with Gasteiger partial charge in [-0.05, 0) is 11.6 Å². The van der Waals surface area contributed by atoms with E-state index in [4.69, 9.17) is 23.2 Å². The van der Waals surface area contributed by atoms with E-state index in [9.17, 15) is 0 Å². The third-order valence-electron chi connectivity index (χ3n) is 1.77. The predicted molar refractivity (Wildman–Crippen MR) is 46.7 cm³/mol. The smallest absolute Gasteiger partial charge is 0.224 e. The van der Waals surface area contributed by atoms with Crippen LogP contribution in [0.1, 0.15) is 11.3 Å². The van der Waals surface area contributed by atoms with Gasteiger partial charge in [0.1, 0.15) is 5.15 Å². The fourth-order valence-corrected chi connectivity index (χ4v) is 1.73. The molecule has 0 amide bonds. The summed E-state index contributed by atoms with van der Waals surface area (Å²) in [6.07, 6.45) is 0. The molecule has 7 heteroatoms. The summed E-state index contributed by atoms with van der Waals surface area (Å²) in [6, 6.07) is 0. The Balaban J connectivity index is 0.000000845. The Kier molecular flexibility index (Phi) is 4.44. The summed E-state index contributed by atoms with van der Waals surface area (Å²) in [5.41, 5.74) is 1.83. The second-order valence-electron chi connectivity index (χ2n) is 2.70. The molecule has 0 unspecified atom stereocenters. The van der Waals surface area contributed by atoms with Gasteiger partial charge in [0, 0.05) is 39.1 Å². The molecule has 3 nitrogen and oxygen atoms in total. The molecule has 2 rings (SSSR count). The van der Waals surface area contributed by atoms with Crippen LogP contribution >= 0.6 is 23.2 Å². The van der Waals surface area contributed by atoms with E-state index in [1.54, 1.807) is 0 Å². The maximum atomic E-state index is 5.85. The van der Waals surface area contributed by atoms with E-state index in [0.29, 0.717) is 18.2 Å². The fourth-order valence-electron chi connectivity index (χ4n) is 1.25. The Morgan fingerprint density at radius 1 is 1.21 bits per heavy atom. The monoisotopic (exact) mass is 656 g/mol. The van der Waals surface area contributed by atoms with Crippen LogP contribution in [0.15, 0.2) is 0 Å². The predicted octanol–water partition coefficient (Wildman–Crippen LogP) is 1.89. The normalized spacial score (nSPS) is 14.2. The van der Waals surface area contributed by atoms with Crippen LogP contribution in [0.2, 0.25) is 10.4 Å². The van der Waals surface area contributed by atoms with Crippen LogP contribution in [0.3, 0.4) is 0 Å².